The molecular formula is C9H19NO2. The lowest BCUT2D eigenvalue weighted by molar-refractivity contribution is 0.0701. The molecule has 0 aromatic rings. The molecule has 12 heavy (non-hydrogen) atoms. The summed E-state index contributed by atoms with van der Waals surface area (Å²) in [6.07, 6.45) is 2.27. The third kappa shape index (κ3) is 3.52. The highest BCUT2D eigenvalue weighted by molar-refractivity contribution is 4.73. The van der Waals surface area contributed by atoms with Gasteiger partial charge in [0.15, 0.2) is 0 Å². The Kier molecular flexibility index (Phi) is 4.58. The first kappa shape index (κ1) is 9.96. The summed E-state index contributed by atoms with van der Waals surface area (Å²) in [5.74, 6) is 0. The zero-order chi connectivity index (χ0) is 8.81. The molecule has 0 aromatic heterocycles. The van der Waals surface area contributed by atoms with E-state index < -0.39 is 0 Å². The Morgan fingerprint density at radius 1 is 1.50 bits per heavy atom. The van der Waals surface area contributed by atoms with Crippen LogP contribution < -0.4 is 5.32 Å². The van der Waals surface area contributed by atoms with Gasteiger partial charge in [-0.05, 0) is 19.8 Å². The molecule has 3 heteroatoms. The molecule has 0 aromatic carbocycles. The van der Waals surface area contributed by atoms with Crippen molar-refractivity contribution in [2.45, 2.75) is 31.8 Å². The van der Waals surface area contributed by atoms with E-state index in [1.165, 1.54) is 0 Å². The lowest BCUT2D eigenvalue weighted by atomic mass is 10.1. The Hall–Kier alpha value is -0.120. The molecule has 1 fully saturated rings. The molecule has 1 aliphatic heterocycles. The Bertz CT molecular complexity index is 113. The molecule has 3 nitrogen and oxygen atoms in total. The maximum absolute atomic E-state index is 5.27. The van der Waals surface area contributed by atoms with Crippen molar-refractivity contribution in [2.24, 2.45) is 0 Å². The Morgan fingerprint density at radius 2 is 2.17 bits per heavy atom. The van der Waals surface area contributed by atoms with E-state index in [1.54, 1.807) is 7.11 Å². The molecular weight excluding hydrogens is 154 g/mol. The van der Waals surface area contributed by atoms with E-state index in [2.05, 4.69) is 12.2 Å². The summed E-state index contributed by atoms with van der Waals surface area (Å²) in [5, 5.41) is 3.51. The van der Waals surface area contributed by atoms with Gasteiger partial charge in [-0.15, -0.1) is 0 Å². The van der Waals surface area contributed by atoms with Gasteiger partial charge in [0.05, 0.1) is 6.61 Å². The minimum absolute atomic E-state index is 0.457. The highest BCUT2D eigenvalue weighted by atomic mass is 16.5. The molecule has 0 saturated carbocycles. The normalized spacial score (nSPS) is 22.5. The number of rotatable bonds is 4. The minimum atomic E-state index is 0.457. The SMILES string of the molecule is COCC(C)NC1CCOCC1. The summed E-state index contributed by atoms with van der Waals surface area (Å²) in [4.78, 5) is 0. The standard InChI is InChI=1S/C9H19NO2/c1-8(7-11-2)10-9-3-5-12-6-4-9/h8-10H,3-7H2,1-2H3. The highest BCUT2D eigenvalue weighted by Gasteiger charge is 2.15. The predicted molar refractivity (Wildman–Crippen MR) is 48.3 cm³/mol. The van der Waals surface area contributed by atoms with Crippen LogP contribution in [0.25, 0.3) is 0 Å². The quantitative estimate of drug-likeness (QED) is 0.682. The summed E-state index contributed by atoms with van der Waals surface area (Å²) in [6, 6.07) is 1.09. The fraction of sp³-hybridized carbons (Fsp3) is 1.00. The van der Waals surface area contributed by atoms with Crippen LogP contribution in [0, 0.1) is 0 Å². The van der Waals surface area contributed by atoms with Gasteiger partial charge in [0.1, 0.15) is 0 Å². The minimum Gasteiger partial charge on any atom is -0.383 e. The van der Waals surface area contributed by atoms with E-state index in [4.69, 9.17) is 9.47 Å². The van der Waals surface area contributed by atoms with Gasteiger partial charge < -0.3 is 14.8 Å². The first-order valence-corrected chi connectivity index (χ1v) is 4.65. The van der Waals surface area contributed by atoms with Crippen molar-refractivity contribution < 1.29 is 9.47 Å². The lowest BCUT2D eigenvalue weighted by Crippen LogP contribution is -2.42. The molecule has 0 radical (unpaired) electrons. The molecule has 1 atom stereocenters. The smallest absolute Gasteiger partial charge is 0.0613 e. The van der Waals surface area contributed by atoms with Gasteiger partial charge >= 0.3 is 0 Å². The van der Waals surface area contributed by atoms with E-state index >= 15 is 0 Å². The first-order valence-electron chi connectivity index (χ1n) is 4.65. The summed E-state index contributed by atoms with van der Waals surface area (Å²) < 4.78 is 10.3. The maximum Gasteiger partial charge on any atom is 0.0613 e. The molecule has 0 spiro atoms. The largest absolute Gasteiger partial charge is 0.383 e. The maximum atomic E-state index is 5.27. The number of ether oxygens (including phenoxy) is 2. The molecule has 72 valence electrons. The van der Waals surface area contributed by atoms with Gasteiger partial charge in [-0.2, -0.15) is 0 Å². The van der Waals surface area contributed by atoms with Gasteiger partial charge in [-0.25, -0.2) is 0 Å². The van der Waals surface area contributed by atoms with Crippen LogP contribution in [-0.4, -0.2) is 39.0 Å². The summed E-state index contributed by atoms with van der Waals surface area (Å²) in [6.45, 7) is 4.74. The molecule has 1 saturated heterocycles. The van der Waals surface area contributed by atoms with E-state index in [0.29, 0.717) is 12.1 Å². The van der Waals surface area contributed by atoms with Crippen molar-refractivity contribution in [3.8, 4) is 0 Å². The van der Waals surface area contributed by atoms with Crippen LogP contribution in [0.15, 0.2) is 0 Å². The molecule has 1 rings (SSSR count). The first-order chi connectivity index (χ1) is 5.83. The van der Waals surface area contributed by atoms with E-state index in [1.807, 2.05) is 0 Å². The molecule has 0 bridgehead atoms. The number of nitrogens with one attached hydrogen (secondary N) is 1. The van der Waals surface area contributed by atoms with Crippen LogP contribution >= 0.6 is 0 Å². The third-order valence-electron chi connectivity index (χ3n) is 2.16. The number of hydrogen-bond donors (Lipinski definition) is 1. The van der Waals surface area contributed by atoms with Gasteiger partial charge in [-0.3, -0.25) is 0 Å². The van der Waals surface area contributed by atoms with E-state index in [9.17, 15) is 0 Å². The second-order valence-corrected chi connectivity index (χ2v) is 3.41. The Morgan fingerprint density at radius 3 is 2.75 bits per heavy atom. The summed E-state index contributed by atoms with van der Waals surface area (Å²) >= 11 is 0. The zero-order valence-corrected chi connectivity index (χ0v) is 8.01. The summed E-state index contributed by atoms with van der Waals surface area (Å²) in [5.41, 5.74) is 0. The Labute approximate surface area is 74.4 Å². The fourth-order valence-corrected chi connectivity index (χ4v) is 1.56. The molecule has 1 unspecified atom stereocenters. The lowest BCUT2D eigenvalue weighted by Gasteiger charge is -2.26. The fourth-order valence-electron chi connectivity index (χ4n) is 1.56. The monoisotopic (exact) mass is 173 g/mol. The second kappa shape index (κ2) is 5.51. The summed E-state index contributed by atoms with van der Waals surface area (Å²) in [7, 11) is 1.74. The predicted octanol–water partition coefficient (Wildman–Crippen LogP) is 0.790. The van der Waals surface area contributed by atoms with Crippen LogP contribution in [0.2, 0.25) is 0 Å². The molecule has 0 amide bonds. The Balaban J connectivity index is 2.11. The van der Waals surface area contributed by atoms with Crippen LogP contribution in [0.3, 0.4) is 0 Å². The topological polar surface area (TPSA) is 30.5 Å². The van der Waals surface area contributed by atoms with Crippen molar-refractivity contribution in [3.63, 3.8) is 0 Å². The number of methoxy groups -OCH3 is 1. The van der Waals surface area contributed by atoms with Crippen molar-refractivity contribution in [1.29, 1.82) is 0 Å². The van der Waals surface area contributed by atoms with Crippen LogP contribution in [0.1, 0.15) is 19.8 Å². The molecule has 1 N–H and O–H groups in total. The van der Waals surface area contributed by atoms with Gasteiger partial charge in [0.2, 0.25) is 0 Å². The third-order valence-corrected chi connectivity index (χ3v) is 2.16. The molecule has 1 aliphatic rings. The van der Waals surface area contributed by atoms with Gasteiger partial charge in [-0.1, -0.05) is 0 Å². The average Bonchev–Trinajstić information content (AvgIpc) is 2.06. The second-order valence-electron chi connectivity index (χ2n) is 3.41. The van der Waals surface area contributed by atoms with Crippen molar-refractivity contribution in [3.05, 3.63) is 0 Å². The van der Waals surface area contributed by atoms with Crippen molar-refractivity contribution in [2.75, 3.05) is 26.9 Å². The molecule has 1 heterocycles. The van der Waals surface area contributed by atoms with Crippen LogP contribution in [-0.2, 0) is 9.47 Å². The van der Waals surface area contributed by atoms with Crippen molar-refractivity contribution >= 4 is 0 Å². The van der Waals surface area contributed by atoms with Crippen molar-refractivity contribution in [1.82, 2.24) is 5.32 Å². The zero-order valence-electron chi connectivity index (χ0n) is 8.01. The highest BCUT2D eigenvalue weighted by Crippen LogP contribution is 2.06. The average molecular weight is 173 g/mol. The van der Waals surface area contributed by atoms with E-state index in [0.717, 1.165) is 32.7 Å². The van der Waals surface area contributed by atoms with E-state index in [-0.39, 0.29) is 0 Å². The number of hydrogen-bond acceptors (Lipinski definition) is 3. The van der Waals surface area contributed by atoms with Gasteiger partial charge in [0.25, 0.3) is 0 Å². The molecule has 0 aliphatic carbocycles. The van der Waals surface area contributed by atoms with Crippen LogP contribution in [0.5, 0.6) is 0 Å². The van der Waals surface area contributed by atoms with Gasteiger partial charge in [0, 0.05) is 32.4 Å². The van der Waals surface area contributed by atoms with Crippen LogP contribution in [0.4, 0.5) is 0 Å².